The lowest BCUT2D eigenvalue weighted by Gasteiger charge is -2.27. The molecule has 1 aromatic heterocycles. The molecule has 2 aromatic rings. The lowest BCUT2D eigenvalue weighted by atomic mass is 10.1. The van der Waals surface area contributed by atoms with Gasteiger partial charge in [-0.1, -0.05) is 24.6 Å². The van der Waals surface area contributed by atoms with Crippen molar-refractivity contribution in [2.75, 3.05) is 31.1 Å². The monoisotopic (exact) mass is 357 g/mol. The molecule has 2 aliphatic rings. The number of piperidine rings is 2. The van der Waals surface area contributed by atoms with E-state index in [-0.39, 0.29) is 0 Å². The largest absolute Gasteiger partial charge is 0.341 e. The Morgan fingerprint density at radius 1 is 0.840 bits per heavy atom. The summed E-state index contributed by atoms with van der Waals surface area (Å²) in [6.45, 7) is 5.25. The van der Waals surface area contributed by atoms with Crippen molar-refractivity contribution < 1.29 is 0 Å². The van der Waals surface area contributed by atoms with Gasteiger partial charge in [0.25, 0.3) is 0 Å². The molecule has 0 amide bonds. The molecule has 0 aliphatic carbocycles. The van der Waals surface area contributed by atoms with Crippen molar-refractivity contribution in [3.05, 3.63) is 35.1 Å². The Morgan fingerprint density at radius 3 is 2.16 bits per heavy atom. The number of hydrogen-bond donors (Lipinski definition) is 0. The van der Waals surface area contributed by atoms with E-state index in [0.717, 1.165) is 49.3 Å². The molecule has 2 fully saturated rings. The van der Waals surface area contributed by atoms with E-state index < -0.39 is 0 Å². The summed E-state index contributed by atoms with van der Waals surface area (Å²) < 4.78 is 4.99. The summed E-state index contributed by atoms with van der Waals surface area (Å²) in [5.74, 6) is 1.01. The maximum Gasteiger partial charge on any atom is 0.230 e. The van der Waals surface area contributed by atoms with Crippen LogP contribution in [-0.2, 0) is 6.67 Å². The molecule has 0 unspecified atom stereocenters. The standard InChI is InChI=1S/C19H27N5S/c25-19-23(16-21-12-6-2-7-13-21)20-18(22-14-8-3-9-15-22)24(19)17-10-4-1-5-11-17/h1,4-5,10-11H,2-3,6-9,12-16H2. The van der Waals surface area contributed by atoms with E-state index in [0.29, 0.717) is 0 Å². The molecule has 3 heterocycles. The average Bonchev–Trinajstić information content (AvgIpc) is 3.00. The summed E-state index contributed by atoms with van der Waals surface area (Å²) in [6, 6.07) is 10.4. The molecular weight excluding hydrogens is 330 g/mol. The normalized spacial score (nSPS) is 19.3. The van der Waals surface area contributed by atoms with Crippen molar-refractivity contribution in [1.82, 2.24) is 19.2 Å². The smallest absolute Gasteiger partial charge is 0.230 e. The number of benzene rings is 1. The van der Waals surface area contributed by atoms with E-state index in [9.17, 15) is 0 Å². The summed E-state index contributed by atoms with van der Waals surface area (Å²) in [5.41, 5.74) is 1.11. The van der Waals surface area contributed by atoms with E-state index in [1.54, 1.807) is 0 Å². The molecule has 2 aliphatic heterocycles. The molecular formula is C19H27N5S. The highest BCUT2D eigenvalue weighted by Gasteiger charge is 2.21. The minimum Gasteiger partial charge on any atom is -0.341 e. The summed E-state index contributed by atoms with van der Waals surface area (Å²) in [6.07, 6.45) is 7.70. The van der Waals surface area contributed by atoms with Crippen LogP contribution in [0, 0.1) is 4.77 Å². The fraction of sp³-hybridized carbons (Fsp3) is 0.579. The second-order valence-electron chi connectivity index (χ2n) is 7.12. The molecule has 4 rings (SSSR count). The minimum atomic E-state index is 0.803. The maximum absolute atomic E-state index is 5.84. The Balaban J connectivity index is 1.70. The van der Waals surface area contributed by atoms with Crippen LogP contribution in [0.1, 0.15) is 38.5 Å². The second-order valence-corrected chi connectivity index (χ2v) is 7.49. The molecule has 0 N–H and O–H groups in total. The van der Waals surface area contributed by atoms with E-state index in [2.05, 4.69) is 38.6 Å². The van der Waals surface area contributed by atoms with Crippen molar-refractivity contribution in [1.29, 1.82) is 0 Å². The fourth-order valence-electron chi connectivity index (χ4n) is 3.88. The number of anilines is 1. The van der Waals surface area contributed by atoms with Crippen molar-refractivity contribution >= 4 is 18.2 Å². The lowest BCUT2D eigenvalue weighted by Crippen LogP contribution is -2.33. The van der Waals surface area contributed by atoms with Gasteiger partial charge in [-0.3, -0.25) is 9.47 Å². The molecule has 6 heteroatoms. The van der Waals surface area contributed by atoms with E-state index in [4.69, 9.17) is 17.3 Å². The lowest BCUT2D eigenvalue weighted by molar-refractivity contribution is 0.172. The molecule has 0 spiro atoms. The molecule has 5 nitrogen and oxygen atoms in total. The highest BCUT2D eigenvalue weighted by Crippen LogP contribution is 2.23. The van der Waals surface area contributed by atoms with Gasteiger partial charge in [0.05, 0.1) is 12.4 Å². The first kappa shape index (κ1) is 16.8. The second kappa shape index (κ2) is 7.70. The van der Waals surface area contributed by atoms with Crippen LogP contribution in [0.25, 0.3) is 5.69 Å². The van der Waals surface area contributed by atoms with Crippen LogP contribution >= 0.6 is 12.2 Å². The minimum absolute atomic E-state index is 0.803. The van der Waals surface area contributed by atoms with Gasteiger partial charge in [0.1, 0.15) is 0 Å². The average molecular weight is 358 g/mol. The molecule has 25 heavy (non-hydrogen) atoms. The third-order valence-corrected chi connectivity index (χ3v) is 5.65. The summed E-state index contributed by atoms with van der Waals surface area (Å²) in [4.78, 5) is 4.88. The summed E-state index contributed by atoms with van der Waals surface area (Å²) in [5, 5.41) is 4.96. The Morgan fingerprint density at radius 2 is 1.48 bits per heavy atom. The van der Waals surface area contributed by atoms with Crippen molar-refractivity contribution in [3.8, 4) is 5.69 Å². The first-order valence-electron chi connectivity index (χ1n) is 9.55. The molecule has 1 aromatic carbocycles. The Labute approximate surface area is 154 Å². The maximum atomic E-state index is 5.84. The van der Waals surface area contributed by atoms with Gasteiger partial charge >= 0.3 is 0 Å². The van der Waals surface area contributed by atoms with Gasteiger partial charge in [-0.15, -0.1) is 5.10 Å². The third-order valence-electron chi connectivity index (χ3n) is 5.26. The van der Waals surface area contributed by atoms with E-state index in [1.165, 1.54) is 38.5 Å². The number of hydrogen-bond acceptors (Lipinski definition) is 4. The molecule has 0 atom stereocenters. The van der Waals surface area contributed by atoms with Crippen molar-refractivity contribution in [2.45, 2.75) is 45.2 Å². The van der Waals surface area contributed by atoms with Gasteiger partial charge < -0.3 is 4.90 Å². The van der Waals surface area contributed by atoms with Crippen LogP contribution in [0.4, 0.5) is 5.95 Å². The van der Waals surface area contributed by atoms with Crippen LogP contribution in [0.2, 0.25) is 0 Å². The SMILES string of the molecule is S=c1n(CN2CCCCC2)nc(N2CCCCC2)n1-c1ccccc1. The molecule has 0 bridgehead atoms. The third kappa shape index (κ3) is 3.65. The number of rotatable bonds is 4. The van der Waals surface area contributed by atoms with Gasteiger partial charge in [0.2, 0.25) is 10.7 Å². The van der Waals surface area contributed by atoms with Crippen LogP contribution in [-0.4, -0.2) is 45.4 Å². The Hall–Kier alpha value is -1.66. The summed E-state index contributed by atoms with van der Waals surface area (Å²) in [7, 11) is 0. The molecule has 2 saturated heterocycles. The quantitative estimate of drug-likeness (QED) is 0.778. The number of aromatic nitrogens is 3. The Kier molecular flexibility index (Phi) is 5.17. The first-order valence-corrected chi connectivity index (χ1v) is 9.96. The highest BCUT2D eigenvalue weighted by atomic mass is 32.1. The van der Waals surface area contributed by atoms with Crippen molar-refractivity contribution in [2.24, 2.45) is 0 Å². The highest BCUT2D eigenvalue weighted by molar-refractivity contribution is 7.71. The van der Waals surface area contributed by atoms with E-state index >= 15 is 0 Å². The predicted octanol–water partition coefficient (Wildman–Crippen LogP) is 3.84. The van der Waals surface area contributed by atoms with Gasteiger partial charge in [0.15, 0.2) is 0 Å². The fourth-order valence-corrected chi connectivity index (χ4v) is 4.17. The van der Waals surface area contributed by atoms with Crippen LogP contribution in [0.3, 0.4) is 0 Å². The predicted molar refractivity (Wildman–Crippen MR) is 104 cm³/mol. The zero-order valence-corrected chi connectivity index (χ0v) is 15.6. The topological polar surface area (TPSA) is 29.2 Å². The number of para-hydroxylation sites is 1. The Bertz CT molecular complexity index is 739. The molecule has 134 valence electrons. The molecule has 0 saturated carbocycles. The van der Waals surface area contributed by atoms with Gasteiger partial charge in [-0.25, -0.2) is 4.68 Å². The summed E-state index contributed by atoms with van der Waals surface area (Å²) >= 11 is 5.84. The van der Waals surface area contributed by atoms with Gasteiger partial charge in [0, 0.05) is 13.1 Å². The molecule has 0 radical (unpaired) electrons. The zero-order chi connectivity index (χ0) is 17.1. The van der Waals surface area contributed by atoms with Crippen LogP contribution < -0.4 is 4.90 Å². The van der Waals surface area contributed by atoms with Crippen LogP contribution in [0.15, 0.2) is 30.3 Å². The van der Waals surface area contributed by atoms with Gasteiger partial charge in [-0.2, -0.15) is 0 Å². The zero-order valence-electron chi connectivity index (χ0n) is 14.8. The van der Waals surface area contributed by atoms with Gasteiger partial charge in [-0.05, 0) is 69.5 Å². The first-order chi connectivity index (χ1) is 12.3. The number of likely N-dealkylation sites (tertiary alicyclic amines) is 1. The van der Waals surface area contributed by atoms with Crippen LogP contribution in [0.5, 0.6) is 0 Å². The number of nitrogens with zero attached hydrogens (tertiary/aromatic N) is 5. The van der Waals surface area contributed by atoms with Crippen molar-refractivity contribution in [3.63, 3.8) is 0 Å². The van der Waals surface area contributed by atoms with E-state index in [1.807, 2.05) is 10.7 Å².